The lowest BCUT2D eigenvalue weighted by Gasteiger charge is -2.09. The van der Waals surface area contributed by atoms with Gasteiger partial charge in [-0.1, -0.05) is 18.2 Å². The van der Waals surface area contributed by atoms with Gasteiger partial charge in [0.1, 0.15) is 5.52 Å². The number of carbonyl (C=O) groups is 1. The van der Waals surface area contributed by atoms with Crippen LogP contribution in [-0.4, -0.2) is 15.9 Å². The summed E-state index contributed by atoms with van der Waals surface area (Å²) in [6.07, 6.45) is -3.01. The zero-order valence-electron chi connectivity index (χ0n) is 13.4. The Labute approximate surface area is 154 Å². The summed E-state index contributed by atoms with van der Waals surface area (Å²) in [5, 5.41) is 4.72. The van der Waals surface area contributed by atoms with Crippen LogP contribution in [0.3, 0.4) is 0 Å². The number of benzene rings is 2. The Balaban J connectivity index is 1.79. The van der Waals surface area contributed by atoms with E-state index in [9.17, 15) is 18.0 Å². The molecule has 0 aliphatic heterocycles. The average molecular weight is 389 g/mol. The fraction of sp³-hybridized carbons (Fsp3) is 0.0556. The van der Waals surface area contributed by atoms with Crippen molar-refractivity contribution in [1.29, 1.82) is 0 Å². The number of fused-ring (bicyclic) bond motifs is 1. The fourth-order valence-electron chi connectivity index (χ4n) is 2.61. The summed E-state index contributed by atoms with van der Waals surface area (Å²) in [6, 6.07) is 9.66. The van der Waals surface area contributed by atoms with Crippen molar-refractivity contribution < 1.29 is 22.4 Å². The smallest absolute Gasteiger partial charge is 0.417 e. The Morgan fingerprint density at radius 2 is 1.93 bits per heavy atom. The maximum Gasteiger partial charge on any atom is 0.417 e. The highest BCUT2D eigenvalue weighted by molar-refractivity contribution is 7.13. The SMILES string of the molecule is O=C(Nc1nccs1)c1cccc2nc(-c3ccccc3C(F)(F)F)oc12. The van der Waals surface area contributed by atoms with E-state index in [-0.39, 0.29) is 28.1 Å². The van der Waals surface area contributed by atoms with Gasteiger partial charge in [-0.25, -0.2) is 9.97 Å². The molecule has 0 aliphatic carbocycles. The van der Waals surface area contributed by atoms with E-state index in [1.807, 2.05) is 0 Å². The molecule has 0 atom stereocenters. The fourth-order valence-corrected chi connectivity index (χ4v) is 3.13. The van der Waals surface area contributed by atoms with Crippen LogP contribution < -0.4 is 5.32 Å². The summed E-state index contributed by atoms with van der Waals surface area (Å²) < 4.78 is 45.4. The molecule has 0 unspecified atom stereocenters. The van der Waals surface area contributed by atoms with Crippen molar-refractivity contribution in [1.82, 2.24) is 9.97 Å². The third kappa shape index (κ3) is 3.28. The van der Waals surface area contributed by atoms with Gasteiger partial charge in [-0.15, -0.1) is 11.3 Å². The second-order valence-corrected chi connectivity index (χ2v) is 6.40. The number of nitrogens with zero attached hydrogens (tertiary/aromatic N) is 2. The molecule has 27 heavy (non-hydrogen) atoms. The van der Waals surface area contributed by atoms with Gasteiger partial charge in [0, 0.05) is 17.1 Å². The summed E-state index contributed by atoms with van der Waals surface area (Å²) in [5.41, 5.74) is -0.490. The van der Waals surface area contributed by atoms with Crippen LogP contribution in [0.2, 0.25) is 0 Å². The number of rotatable bonds is 3. The highest BCUT2D eigenvalue weighted by atomic mass is 32.1. The third-order valence-corrected chi connectivity index (χ3v) is 4.46. The number of aromatic nitrogens is 2. The number of oxazole rings is 1. The molecule has 136 valence electrons. The van der Waals surface area contributed by atoms with Crippen LogP contribution in [0.5, 0.6) is 0 Å². The Morgan fingerprint density at radius 1 is 1.11 bits per heavy atom. The molecule has 0 saturated carbocycles. The number of hydrogen-bond donors (Lipinski definition) is 1. The second kappa shape index (κ2) is 6.51. The predicted molar refractivity (Wildman–Crippen MR) is 94.5 cm³/mol. The van der Waals surface area contributed by atoms with Gasteiger partial charge in [-0.2, -0.15) is 13.2 Å². The van der Waals surface area contributed by atoms with Gasteiger partial charge >= 0.3 is 6.18 Å². The topological polar surface area (TPSA) is 68.0 Å². The van der Waals surface area contributed by atoms with Crippen molar-refractivity contribution in [3.63, 3.8) is 0 Å². The molecule has 0 radical (unpaired) electrons. The number of halogens is 3. The number of alkyl halides is 3. The van der Waals surface area contributed by atoms with Crippen LogP contribution in [0.25, 0.3) is 22.6 Å². The first-order valence-corrected chi connectivity index (χ1v) is 8.58. The largest absolute Gasteiger partial charge is 0.435 e. The van der Waals surface area contributed by atoms with Gasteiger partial charge in [-0.3, -0.25) is 10.1 Å². The lowest BCUT2D eigenvalue weighted by atomic mass is 10.1. The molecular weight excluding hydrogens is 379 g/mol. The highest BCUT2D eigenvalue weighted by Crippen LogP contribution is 2.37. The van der Waals surface area contributed by atoms with Crippen LogP contribution in [0.1, 0.15) is 15.9 Å². The first-order chi connectivity index (χ1) is 12.9. The van der Waals surface area contributed by atoms with E-state index in [1.54, 1.807) is 23.7 Å². The van der Waals surface area contributed by atoms with E-state index in [4.69, 9.17) is 4.42 Å². The van der Waals surface area contributed by atoms with Crippen LogP contribution in [-0.2, 0) is 6.18 Å². The third-order valence-electron chi connectivity index (χ3n) is 3.78. The summed E-state index contributed by atoms with van der Waals surface area (Å²) in [5.74, 6) is -0.685. The highest BCUT2D eigenvalue weighted by Gasteiger charge is 2.34. The molecular formula is C18H10F3N3O2S. The maximum absolute atomic E-state index is 13.3. The van der Waals surface area contributed by atoms with E-state index in [0.717, 1.165) is 6.07 Å². The molecule has 2 aromatic heterocycles. The molecule has 0 bridgehead atoms. The quantitative estimate of drug-likeness (QED) is 0.521. The van der Waals surface area contributed by atoms with Crippen molar-refractivity contribution in [2.24, 2.45) is 0 Å². The molecule has 2 aromatic carbocycles. The molecule has 4 rings (SSSR count). The lowest BCUT2D eigenvalue weighted by Crippen LogP contribution is -2.11. The zero-order chi connectivity index (χ0) is 19.0. The Kier molecular flexibility index (Phi) is 4.15. The van der Waals surface area contributed by atoms with Crippen molar-refractivity contribution in [2.45, 2.75) is 6.18 Å². The van der Waals surface area contributed by atoms with Crippen LogP contribution in [0.4, 0.5) is 18.3 Å². The molecule has 4 aromatic rings. The van der Waals surface area contributed by atoms with E-state index < -0.39 is 17.6 Å². The number of carbonyl (C=O) groups excluding carboxylic acids is 1. The minimum Gasteiger partial charge on any atom is -0.435 e. The zero-order valence-corrected chi connectivity index (χ0v) is 14.3. The molecule has 0 spiro atoms. The monoisotopic (exact) mass is 389 g/mol. The molecule has 2 heterocycles. The number of amides is 1. The van der Waals surface area contributed by atoms with Gasteiger partial charge in [0.05, 0.1) is 11.1 Å². The molecule has 0 aliphatic rings. The molecule has 5 nitrogen and oxygen atoms in total. The molecule has 0 saturated heterocycles. The van der Waals surface area contributed by atoms with Gasteiger partial charge in [0.2, 0.25) is 5.89 Å². The van der Waals surface area contributed by atoms with E-state index in [1.165, 1.54) is 35.6 Å². The summed E-state index contributed by atoms with van der Waals surface area (Å²) >= 11 is 1.24. The van der Waals surface area contributed by atoms with Crippen LogP contribution >= 0.6 is 11.3 Å². The minimum atomic E-state index is -4.55. The first kappa shape index (κ1) is 17.2. The van der Waals surface area contributed by atoms with Gasteiger partial charge < -0.3 is 4.42 Å². The number of hydrogen-bond acceptors (Lipinski definition) is 5. The molecule has 1 amide bonds. The average Bonchev–Trinajstić information content (AvgIpc) is 3.29. The lowest BCUT2D eigenvalue weighted by molar-refractivity contribution is -0.137. The number of anilines is 1. The Hall–Kier alpha value is -3.20. The van der Waals surface area contributed by atoms with E-state index in [2.05, 4.69) is 15.3 Å². The normalized spacial score (nSPS) is 11.7. The summed E-state index contributed by atoms with van der Waals surface area (Å²) in [7, 11) is 0. The van der Waals surface area contributed by atoms with Crippen molar-refractivity contribution in [2.75, 3.05) is 5.32 Å². The molecule has 9 heteroatoms. The van der Waals surface area contributed by atoms with Gasteiger partial charge in [-0.05, 0) is 24.3 Å². The Bertz CT molecular complexity index is 1120. The second-order valence-electron chi connectivity index (χ2n) is 5.51. The van der Waals surface area contributed by atoms with Crippen molar-refractivity contribution >= 4 is 33.5 Å². The van der Waals surface area contributed by atoms with Crippen LogP contribution in [0.15, 0.2) is 58.5 Å². The van der Waals surface area contributed by atoms with Crippen molar-refractivity contribution in [3.8, 4) is 11.5 Å². The minimum absolute atomic E-state index is 0.110. The molecule has 1 N–H and O–H groups in total. The van der Waals surface area contributed by atoms with Crippen molar-refractivity contribution in [3.05, 3.63) is 65.2 Å². The maximum atomic E-state index is 13.3. The number of para-hydroxylation sites is 1. The molecule has 0 fully saturated rings. The number of nitrogens with one attached hydrogen (secondary N) is 1. The predicted octanol–water partition coefficient (Wildman–Crippen LogP) is 5.22. The van der Waals surface area contributed by atoms with E-state index >= 15 is 0 Å². The Morgan fingerprint density at radius 3 is 2.67 bits per heavy atom. The van der Waals surface area contributed by atoms with E-state index in [0.29, 0.717) is 5.13 Å². The van der Waals surface area contributed by atoms with Crippen LogP contribution in [0, 0.1) is 0 Å². The first-order valence-electron chi connectivity index (χ1n) is 7.70. The summed E-state index contributed by atoms with van der Waals surface area (Å²) in [6.45, 7) is 0. The van der Waals surface area contributed by atoms with Gasteiger partial charge in [0.25, 0.3) is 5.91 Å². The standard InChI is InChI=1S/C18H10F3N3O2S/c19-18(20,21)12-6-2-1-4-10(12)16-23-13-7-3-5-11(14(13)26-16)15(25)24-17-22-8-9-27-17/h1-9H,(H,22,24,25). The van der Waals surface area contributed by atoms with Gasteiger partial charge in [0.15, 0.2) is 10.7 Å². The number of thiazole rings is 1. The summed E-state index contributed by atoms with van der Waals surface area (Å²) in [4.78, 5) is 20.6.